The molecule has 0 unspecified atom stereocenters. The summed E-state index contributed by atoms with van der Waals surface area (Å²) < 4.78 is 81.5. The zero-order valence-corrected chi connectivity index (χ0v) is 25.7. The molecule has 6 heterocycles. The normalized spacial score (nSPS) is 30.3. The highest BCUT2D eigenvalue weighted by molar-refractivity contribution is 6.03. The lowest BCUT2D eigenvalue weighted by Crippen LogP contribution is -2.51. The van der Waals surface area contributed by atoms with Gasteiger partial charge >= 0.3 is 6.01 Å². The molecule has 5 fully saturated rings. The first kappa shape index (κ1) is 29.8. The van der Waals surface area contributed by atoms with Crippen LogP contribution in [-0.4, -0.2) is 87.5 Å². The lowest BCUT2D eigenvalue weighted by Gasteiger charge is -2.34. The molecule has 48 heavy (non-hydrogen) atoms. The minimum absolute atomic E-state index is 0.0491. The maximum Gasteiger partial charge on any atom is 0.319 e. The Balaban J connectivity index is 1.16. The Morgan fingerprint density at radius 3 is 2.58 bits per heavy atom. The molecule has 1 saturated carbocycles. The van der Waals surface area contributed by atoms with E-state index in [4.69, 9.17) is 16.1 Å². The van der Waals surface area contributed by atoms with Gasteiger partial charge in [-0.2, -0.15) is 9.97 Å². The zero-order chi connectivity index (χ0) is 33.2. The van der Waals surface area contributed by atoms with Crippen molar-refractivity contribution in [3.63, 3.8) is 0 Å². The number of halogens is 5. The number of terminal acetylenes is 1. The summed E-state index contributed by atoms with van der Waals surface area (Å²) in [5.74, 6) is -1.79. The van der Waals surface area contributed by atoms with Gasteiger partial charge in [-0.15, -0.1) is 6.42 Å². The molecule has 4 aliphatic heterocycles. The average Bonchev–Trinajstić information content (AvgIpc) is 3.30. The molecule has 0 radical (unpaired) electrons. The number of phenolic OH excluding ortho intramolecular Hbond substituents is 1. The smallest absolute Gasteiger partial charge is 0.319 e. The lowest BCUT2D eigenvalue weighted by atomic mass is 9.88. The maximum atomic E-state index is 16.8. The van der Waals surface area contributed by atoms with Crippen molar-refractivity contribution >= 4 is 27.5 Å². The van der Waals surface area contributed by atoms with E-state index in [9.17, 15) is 22.7 Å². The van der Waals surface area contributed by atoms with Gasteiger partial charge in [0.15, 0.2) is 5.82 Å². The predicted octanol–water partition coefficient (Wildman–Crippen LogP) is 5.34. The molecule has 13 heteroatoms. The lowest BCUT2D eigenvalue weighted by molar-refractivity contribution is 0.0634. The standard InChI is InChI=1S/C35H31F5N6O2/c1-2-23-26(37)6-3-18-7-22(47)8-24(27(18)23)29-28(38)30-25(10-41-29)31(45-12-20-4-5-21(13-45)42-20)44-32(43-30)48-17-34-9-19(36)11-46(34)16-33(14-34)15-35(33,39)40/h1,3,6-8,10,19-21,42,47H,4-5,9,11-17H2/t19-,20-,21+,33-,34-/m1/s1. The number of nitrogens with one attached hydrogen (secondary N) is 1. The fourth-order valence-electron chi connectivity index (χ4n) is 8.89. The molecule has 4 aromatic rings. The Labute approximate surface area is 272 Å². The average molecular weight is 663 g/mol. The molecule has 4 saturated heterocycles. The van der Waals surface area contributed by atoms with Crippen LogP contribution >= 0.6 is 0 Å². The molecular formula is C35H31F5N6O2. The van der Waals surface area contributed by atoms with E-state index in [1.54, 1.807) is 4.90 Å². The number of ether oxygens (including phenoxy) is 1. The van der Waals surface area contributed by atoms with Crippen LogP contribution in [0.2, 0.25) is 0 Å². The van der Waals surface area contributed by atoms with Crippen LogP contribution in [-0.2, 0) is 0 Å². The van der Waals surface area contributed by atoms with Crippen LogP contribution in [0.3, 0.4) is 0 Å². The van der Waals surface area contributed by atoms with Crippen molar-refractivity contribution in [3.05, 3.63) is 47.7 Å². The van der Waals surface area contributed by atoms with Gasteiger partial charge in [-0.05, 0) is 42.8 Å². The van der Waals surface area contributed by atoms with E-state index >= 15 is 4.39 Å². The second-order valence-electron chi connectivity index (χ2n) is 14.2. The van der Waals surface area contributed by atoms with Gasteiger partial charge in [0.2, 0.25) is 0 Å². The van der Waals surface area contributed by atoms with E-state index in [2.05, 4.69) is 21.2 Å². The molecule has 5 aliphatic rings. The van der Waals surface area contributed by atoms with Crippen LogP contribution in [0.15, 0.2) is 30.5 Å². The molecule has 2 bridgehead atoms. The number of phenols is 1. The summed E-state index contributed by atoms with van der Waals surface area (Å²) in [5.41, 5.74) is -2.49. The summed E-state index contributed by atoms with van der Waals surface area (Å²) >= 11 is 0. The Bertz CT molecular complexity index is 2060. The van der Waals surface area contributed by atoms with Gasteiger partial charge in [-0.1, -0.05) is 12.0 Å². The number of pyridine rings is 1. The second-order valence-corrected chi connectivity index (χ2v) is 14.2. The number of hydrogen-bond acceptors (Lipinski definition) is 8. The Morgan fingerprint density at radius 1 is 1.08 bits per heavy atom. The molecule has 5 atom stereocenters. The quantitative estimate of drug-likeness (QED) is 0.219. The van der Waals surface area contributed by atoms with E-state index in [-0.39, 0.29) is 90.5 Å². The summed E-state index contributed by atoms with van der Waals surface area (Å²) in [6.07, 6.45) is 7.81. The first-order valence-corrected chi connectivity index (χ1v) is 16.2. The highest BCUT2D eigenvalue weighted by atomic mass is 19.3. The third-order valence-corrected chi connectivity index (χ3v) is 11.1. The Hall–Kier alpha value is -4.28. The molecule has 8 nitrogen and oxygen atoms in total. The highest BCUT2D eigenvalue weighted by Gasteiger charge is 2.77. The molecule has 1 aliphatic carbocycles. The second kappa shape index (κ2) is 10.1. The number of piperazine rings is 1. The largest absolute Gasteiger partial charge is 0.508 e. The number of hydrogen-bond donors (Lipinski definition) is 2. The molecule has 1 spiro atoms. The first-order valence-electron chi connectivity index (χ1n) is 16.2. The van der Waals surface area contributed by atoms with E-state index in [0.29, 0.717) is 29.7 Å². The number of benzene rings is 2. The zero-order valence-electron chi connectivity index (χ0n) is 25.7. The van der Waals surface area contributed by atoms with Crippen molar-refractivity contribution in [3.8, 4) is 35.4 Å². The van der Waals surface area contributed by atoms with Crippen LogP contribution in [0, 0.1) is 29.4 Å². The van der Waals surface area contributed by atoms with Crippen molar-refractivity contribution < 1.29 is 31.8 Å². The van der Waals surface area contributed by atoms with Gasteiger partial charge in [0.1, 0.15) is 41.4 Å². The summed E-state index contributed by atoms with van der Waals surface area (Å²) in [6.45, 7) is 1.22. The van der Waals surface area contributed by atoms with Gasteiger partial charge in [0, 0.05) is 68.3 Å². The van der Waals surface area contributed by atoms with Gasteiger partial charge < -0.3 is 20.1 Å². The van der Waals surface area contributed by atoms with Crippen molar-refractivity contribution in [1.82, 2.24) is 25.2 Å². The maximum absolute atomic E-state index is 16.8. The van der Waals surface area contributed by atoms with E-state index in [1.165, 1.54) is 30.5 Å². The molecule has 0 amide bonds. The van der Waals surface area contributed by atoms with Crippen molar-refractivity contribution in [2.75, 3.05) is 37.7 Å². The van der Waals surface area contributed by atoms with Crippen molar-refractivity contribution in [1.29, 1.82) is 0 Å². The molecule has 2 N–H and O–H groups in total. The van der Waals surface area contributed by atoms with Crippen LogP contribution < -0.4 is 15.0 Å². The number of alkyl halides is 3. The fraction of sp³-hybridized carbons (Fsp3) is 0.457. The number of rotatable bonds is 5. The number of aromatic hydroxyl groups is 1. The SMILES string of the molecule is C#Cc1c(F)ccc2cc(O)cc(-c3ncc4c(N5C[C@H]6CC[C@@H](C5)N6)nc(OC[C@]56C[C@@H](F)CN5C[C@]5(CC5(F)F)C6)nc4c3F)c12. The van der Waals surface area contributed by atoms with E-state index < -0.39 is 34.7 Å². The third-order valence-electron chi connectivity index (χ3n) is 11.1. The third kappa shape index (κ3) is 4.38. The summed E-state index contributed by atoms with van der Waals surface area (Å²) in [4.78, 5) is 17.5. The molecule has 2 aromatic carbocycles. The number of fused-ring (bicyclic) bond motifs is 5. The highest BCUT2D eigenvalue weighted by Crippen LogP contribution is 2.69. The van der Waals surface area contributed by atoms with E-state index in [1.807, 2.05) is 4.90 Å². The summed E-state index contributed by atoms with van der Waals surface area (Å²) in [6, 6.07) is 5.56. The molecule has 248 valence electrons. The monoisotopic (exact) mass is 662 g/mol. The van der Waals surface area contributed by atoms with Crippen LogP contribution in [0.25, 0.3) is 32.9 Å². The molecular weight excluding hydrogens is 631 g/mol. The topological polar surface area (TPSA) is 86.6 Å². The van der Waals surface area contributed by atoms with E-state index in [0.717, 1.165) is 12.8 Å². The van der Waals surface area contributed by atoms with Crippen molar-refractivity contribution in [2.24, 2.45) is 5.41 Å². The number of aromatic nitrogens is 3. The van der Waals surface area contributed by atoms with Gasteiger partial charge in [-0.25, -0.2) is 22.0 Å². The Kier molecular flexibility index (Phi) is 6.29. The van der Waals surface area contributed by atoms with Crippen LogP contribution in [0.1, 0.15) is 37.7 Å². The van der Waals surface area contributed by atoms with Gasteiger partial charge in [0.05, 0.1) is 21.9 Å². The minimum atomic E-state index is -2.80. The molecule has 9 rings (SSSR count). The predicted molar refractivity (Wildman–Crippen MR) is 168 cm³/mol. The Morgan fingerprint density at radius 2 is 1.85 bits per heavy atom. The first-order chi connectivity index (χ1) is 23.0. The van der Waals surface area contributed by atoms with Gasteiger partial charge in [-0.3, -0.25) is 9.88 Å². The van der Waals surface area contributed by atoms with Gasteiger partial charge in [0.25, 0.3) is 5.92 Å². The fourth-order valence-corrected chi connectivity index (χ4v) is 8.89. The minimum Gasteiger partial charge on any atom is -0.508 e. The van der Waals surface area contributed by atoms with Crippen LogP contribution in [0.5, 0.6) is 11.8 Å². The number of anilines is 1. The summed E-state index contributed by atoms with van der Waals surface area (Å²) in [5, 5.41) is 15.0. The molecule has 2 aromatic heterocycles. The van der Waals surface area contributed by atoms with Crippen LogP contribution in [0.4, 0.5) is 27.8 Å². The van der Waals surface area contributed by atoms with Crippen molar-refractivity contribution in [2.45, 2.75) is 61.8 Å². The summed E-state index contributed by atoms with van der Waals surface area (Å²) in [7, 11) is 0. The number of nitrogens with zero attached hydrogens (tertiary/aromatic N) is 5.